The van der Waals surface area contributed by atoms with Crippen LogP contribution in [0.25, 0.3) is 0 Å². The normalized spacial score (nSPS) is 38.1. The molecule has 1 fully saturated rings. The van der Waals surface area contributed by atoms with E-state index in [1.807, 2.05) is 19.9 Å². The van der Waals surface area contributed by atoms with E-state index in [9.17, 15) is 30.3 Å². The summed E-state index contributed by atoms with van der Waals surface area (Å²) in [6, 6.07) is 0. The summed E-state index contributed by atoms with van der Waals surface area (Å²) in [6.45, 7) is 4.93. The number of carbonyl (C=O) groups is 1. The molecule has 1 heterocycles. The highest BCUT2D eigenvalue weighted by molar-refractivity contribution is 5.92. The zero-order valence-corrected chi connectivity index (χ0v) is 15.9. The lowest BCUT2D eigenvalue weighted by Crippen LogP contribution is -2.59. The van der Waals surface area contributed by atoms with Gasteiger partial charge in [-0.15, -0.1) is 0 Å². The third-order valence-electron chi connectivity index (χ3n) is 5.06. The third kappa shape index (κ3) is 5.23. The molecule has 0 radical (unpaired) electrons. The second kappa shape index (κ2) is 8.91. The quantitative estimate of drug-likeness (QED) is 0.377. The second-order valence-corrected chi connectivity index (χ2v) is 7.96. The zero-order chi connectivity index (χ0) is 20.4. The molecule has 0 bridgehead atoms. The molecule has 1 saturated heterocycles. The lowest BCUT2D eigenvalue weighted by Gasteiger charge is -2.41. The third-order valence-corrected chi connectivity index (χ3v) is 5.06. The van der Waals surface area contributed by atoms with E-state index in [2.05, 4.69) is 0 Å². The smallest absolute Gasteiger partial charge is 0.187 e. The van der Waals surface area contributed by atoms with E-state index in [-0.39, 0.29) is 23.7 Å². The molecule has 7 atom stereocenters. The molecule has 0 aromatic carbocycles. The van der Waals surface area contributed by atoms with Crippen molar-refractivity contribution in [2.75, 3.05) is 13.2 Å². The number of ketones is 1. The van der Waals surface area contributed by atoms with Crippen LogP contribution in [0.3, 0.4) is 0 Å². The van der Waals surface area contributed by atoms with Crippen LogP contribution < -0.4 is 0 Å². The first-order chi connectivity index (χ1) is 12.6. The molecule has 0 amide bonds. The molecule has 154 valence electrons. The predicted octanol–water partition coefficient (Wildman–Crippen LogP) is -0.719. The molecule has 0 saturated carbocycles. The molecule has 2 rings (SSSR count). The van der Waals surface area contributed by atoms with Crippen LogP contribution in [0.4, 0.5) is 0 Å². The summed E-state index contributed by atoms with van der Waals surface area (Å²) in [5, 5.41) is 48.5. The predicted molar refractivity (Wildman–Crippen MR) is 95.5 cm³/mol. The van der Waals surface area contributed by atoms with E-state index in [1.165, 1.54) is 6.08 Å². The van der Waals surface area contributed by atoms with Crippen molar-refractivity contribution in [1.82, 2.24) is 0 Å². The highest BCUT2D eigenvalue weighted by Crippen LogP contribution is 2.41. The van der Waals surface area contributed by atoms with E-state index in [4.69, 9.17) is 9.47 Å². The maximum Gasteiger partial charge on any atom is 0.187 e. The van der Waals surface area contributed by atoms with E-state index in [1.54, 1.807) is 13.0 Å². The number of hydrogen-bond donors (Lipinski definition) is 5. The van der Waals surface area contributed by atoms with Crippen molar-refractivity contribution < 1.29 is 39.8 Å². The maximum atomic E-state index is 12.1. The Labute approximate surface area is 158 Å². The first kappa shape index (κ1) is 22.2. The summed E-state index contributed by atoms with van der Waals surface area (Å²) in [5.74, 6) is -0.219. The van der Waals surface area contributed by atoms with Crippen molar-refractivity contribution in [3.8, 4) is 0 Å². The summed E-state index contributed by atoms with van der Waals surface area (Å²) in [6.07, 6.45) is -2.11. The number of ether oxygens (including phenoxy) is 2. The lowest BCUT2D eigenvalue weighted by atomic mass is 9.68. The highest BCUT2D eigenvalue weighted by Gasteiger charge is 2.44. The molecule has 8 heteroatoms. The minimum absolute atomic E-state index is 0.0471. The van der Waals surface area contributed by atoms with Gasteiger partial charge in [0.05, 0.1) is 19.3 Å². The van der Waals surface area contributed by atoms with Crippen molar-refractivity contribution in [3.05, 3.63) is 23.8 Å². The van der Waals surface area contributed by atoms with E-state index >= 15 is 0 Å². The van der Waals surface area contributed by atoms with Gasteiger partial charge >= 0.3 is 0 Å². The largest absolute Gasteiger partial charge is 0.394 e. The number of hydrogen-bond acceptors (Lipinski definition) is 8. The van der Waals surface area contributed by atoms with Crippen molar-refractivity contribution >= 4 is 5.78 Å². The first-order valence-electron chi connectivity index (χ1n) is 9.08. The monoisotopic (exact) mass is 386 g/mol. The number of rotatable bonds is 6. The molecule has 0 spiro atoms. The summed E-state index contributed by atoms with van der Waals surface area (Å²) < 4.78 is 10.9. The summed E-state index contributed by atoms with van der Waals surface area (Å²) >= 11 is 0. The Morgan fingerprint density at radius 1 is 1.30 bits per heavy atom. The topological polar surface area (TPSA) is 137 Å². The van der Waals surface area contributed by atoms with Crippen LogP contribution >= 0.6 is 0 Å². The Hall–Kier alpha value is -1.13. The minimum atomic E-state index is -1.52. The van der Waals surface area contributed by atoms with Crippen molar-refractivity contribution in [3.63, 3.8) is 0 Å². The van der Waals surface area contributed by atoms with E-state index in [0.717, 1.165) is 0 Å². The van der Waals surface area contributed by atoms with Gasteiger partial charge in [-0.1, -0.05) is 26.0 Å². The molecule has 2 aliphatic rings. The summed E-state index contributed by atoms with van der Waals surface area (Å²) in [5.41, 5.74) is 0.274. The van der Waals surface area contributed by atoms with E-state index in [0.29, 0.717) is 12.0 Å². The van der Waals surface area contributed by atoms with Gasteiger partial charge in [0.15, 0.2) is 12.1 Å². The van der Waals surface area contributed by atoms with Gasteiger partial charge in [0.1, 0.15) is 24.4 Å². The minimum Gasteiger partial charge on any atom is -0.394 e. The first-order valence-corrected chi connectivity index (χ1v) is 9.08. The molecule has 0 aromatic rings. The Morgan fingerprint density at radius 3 is 2.56 bits per heavy atom. The molecule has 5 N–H and O–H groups in total. The fourth-order valence-corrected chi connectivity index (χ4v) is 3.58. The van der Waals surface area contributed by atoms with Crippen molar-refractivity contribution in [2.45, 2.75) is 64.0 Å². The molecular formula is C19H30O8. The zero-order valence-electron chi connectivity index (χ0n) is 15.9. The Bertz CT molecular complexity index is 580. The Morgan fingerprint density at radius 2 is 1.96 bits per heavy atom. The average Bonchev–Trinajstić information content (AvgIpc) is 2.57. The number of carbonyl (C=O) groups excluding carboxylic acids is 1. The second-order valence-electron chi connectivity index (χ2n) is 7.96. The average molecular weight is 386 g/mol. The van der Waals surface area contributed by atoms with Crippen molar-refractivity contribution in [1.29, 1.82) is 0 Å². The van der Waals surface area contributed by atoms with E-state index < -0.39 is 43.4 Å². The van der Waals surface area contributed by atoms with Crippen LogP contribution in [0.2, 0.25) is 0 Å². The SMILES string of the molecule is C[C@@H](O)/C=C/[C@H]1C(CO[C@@H]2O[C@H](CO)[C@@H](O)[C@H](O)[C@H]2O)=CC(=O)CC1(C)C. The van der Waals surface area contributed by atoms with Crippen LogP contribution in [0.5, 0.6) is 0 Å². The molecule has 27 heavy (non-hydrogen) atoms. The number of aliphatic hydroxyl groups excluding tert-OH is 5. The number of allylic oxidation sites excluding steroid dienone is 2. The highest BCUT2D eigenvalue weighted by atomic mass is 16.7. The van der Waals surface area contributed by atoms with Gasteiger partial charge < -0.3 is 35.0 Å². The molecule has 1 aliphatic carbocycles. The summed E-state index contributed by atoms with van der Waals surface area (Å²) in [4.78, 5) is 12.1. The van der Waals surface area contributed by atoms with Gasteiger partial charge in [-0.2, -0.15) is 0 Å². The fourth-order valence-electron chi connectivity index (χ4n) is 3.58. The van der Waals surface area contributed by atoms with Crippen LogP contribution in [0, 0.1) is 11.3 Å². The van der Waals surface area contributed by atoms with Crippen LogP contribution in [0.1, 0.15) is 27.2 Å². The van der Waals surface area contributed by atoms with Crippen LogP contribution in [-0.2, 0) is 14.3 Å². The standard InChI is InChI=1S/C19H30O8/c1-10(21)4-5-13-11(6-12(22)7-19(13,2)3)9-26-18-17(25)16(24)15(23)14(8-20)27-18/h4-6,10,13-18,20-21,23-25H,7-9H2,1-3H3/b5-4+/t10-,13+,14-,15-,16+,17-,18-/m1/s1. The number of aliphatic hydroxyl groups is 5. The van der Waals surface area contributed by atoms with Gasteiger partial charge in [0.25, 0.3) is 0 Å². The molecular weight excluding hydrogens is 356 g/mol. The summed E-state index contributed by atoms with van der Waals surface area (Å²) in [7, 11) is 0. The maximum absolute atomic E-state index is 12.1. The molecule has 1 aliphatic heterocycles. The van der Waals surface area contributed by atoms with Crippen molar-refractivity contribution in [2.24, 2.45) is 11.3 Å². The fraction of sp³-hybridized carbons (Fsp3) is 0.737. The van der Waals surface area contributed by atoms with Gasteiger partial charge in [-0.05, 0) is 24.0 Å². The van der Waals surface area contributed by atoms with Crippen LogP contribution in [0.15, 0.2) is 23.8 Å². The van der Waals surface area contributed by atoms with Gasteiger partial charge in [-0.25, -0.2) is 0 Å². The molecule has 0 unspecified atom stereocenters. The Kier molecular flexibility index (Phi) is 7.32. The Balaban J connectivity index is 2.14. The molecule has 8 nitrogen and oxygen atoms in total. The van der Waals surface area contributed by atoms with Gasteiger partial charge in [0.2, 0.25) is 0 Å². The van der Waals surface area contributed by atoms with Gasteiger partial charge in [-0.3, -0.25) is 4.79 Å². The molecule has 0 aromatic heterocycles. The van der Waals surface area contributed by atoms with Gasteiger partial charge in [0, 0.05) is 12.3 Å². The van der Waals surface area contributed by atoms with Crippen LogP contribution in [-0.4, -0.2) is 81.3 Å². The lowest BCUT2D eigenvalue weighted by molar-refractivity contribution is -0.299.